The van der Waals surface area contributed by atoms with Gasteiger partial charge in [-0.25, -0.2) is 4.99 Å². The summed E-state index contributed by atoms with van der Waals surface area (Å²) in [5.74, 6) is 1.01. The molecule has 2 fully saturated rings. The first-order valence-electron chi connectivity index (χ1n) is 13.4. The van der Waals surface area contributed by atoms with Crippen LogP contribution in [0.2, 0.25) is 0 Å². The van der Waals surface area contributed by atoms with E-state index in [1.165, 1.54) is 0 Å². The van der Waals surface area contributed by atoms with E-state index in [9.17, 15) is 13.2 Å². The van der Waals surface area contributed by atoms with Gasteiger partial charge >= 0.3 is 6.18 Å². The number of halogens is 3. The van der Waals surface area contributed by atoms with Crippen LogP contribution in [0.15, 0.2) is 28.3 Å². The van der Waals surface area contributed by atoms with Crippen LogP contribution in [0, 0.1) is 17.2 Å². The lowest BCUT2D eigenvalue weighted by Crippen LogP contribution is -2.64. The van der Waals surface area contributed by atoms with E-state index in [4.69, 9.17) is 16.1 Å². The maximum absolute atomic E-state index is 14.0. The van der Waals surface area contributed by atoms with Crippen molar-refractivity contribution in [2.75, 3.05) is 7.05 Å². The van der Waals surface area contributed by atoms with Crippen LogP contribution in [-0.2, 0) is 0 Å². The number of amidine groups is 1. The Bertz CT molecular complexity index is 888. The molecule has 2 aliphatic carbocycles. The highest BCUT2D eigenvalue weighted by Gasteiger charge is 2.45. The van der Waals surface area contributed by atoms with E-state index >= 15 is 0 Å². The second-order valence-electron chi connectivity index (χ2n) is 10.9. The minimum absolute atomic E-state index is 0.0190. The molecule has 36 heavy (non-hydrogen) atoms. The minimum atomic E-state index is -4.38. The number of alkyl halides is 3. The Hall–Kier alpha value is -1.75. The summed E-state index contributed by atoms with van der Waals surface area (Å²) in [5, 5.41) is 22.1. The van der Waals surface area contributed by atoms with Crippen molar-refractivity contribution in [1.29, 1.82) is 5.41 Å². The molecule has 2 heterocycles. The smallest absolute Gasteiger partial charge is 0.358 e. The van der Waals surface area contributed by atoms with E-state index in [0.29, 0.717) is 24.5 Å². The Balaban J connectivity index is 1.73. The van der Waals surface area contributed by atoms with E-state index in [1.807, 2.05) is 20.0 Å². The molecule has 6 unspecified atom stereocenters. The van der Waals surface area contributed by atoms with Gasteiger partial charge in [0.05, 0.1) is 6.17 Å². The average molecular weight is 510 g/mol. The Morgan fingerprint density at radius 3 is 2.50 bits per heavy atom. The summed E-state index contributed by atoms with van der Waals surface area (Å²) >= 11 is 0. The first-order valence-corrected chi connectivity index (χ1v) is 13.4. The monoisotopic (exact) mass is 509 g/mol. The van der Waals surface area contributed by atoms with Gasteiger partial charge < -0.3 is 21.8 Å². The summed E-state index contributed by atoms with van der Waals surface area (Å²) in [7, 11) is 1.92. The van der Waals surface area contributed by atoms with Gasteiger partial charge in [0, 0.05) is 41.4 Å². The van der Waals surface area contributed by atoms with E-state index in [0.717, 1.165) is 37.9 Å². The zero-order chi connectivity index (χ0) is 26.0. The van der Waals surface area contributed by atoms with Gasteiger partial charge in [-0.1, -0.05) is 12.2 Å². The number of hydrogen-bond donors (Lipinski definition) is 6. The maximum Gasteiger partial charge on any atom is 0.413 e. The third-order valence-corrected chi connectivity index (χ3v) is 8.48. The van der Waals surface area contributed by atoms with Gasteiger partial charge in [0.25, 0.3) is 0 Å². The van der Waals surface area contributed by atoms with Crippen molar-refractivity contribution in [3.05, 3.63) is 23.3 Å². The summed E-state index contributed by atoms with van der Waals surface area (Å²) in [6.07, 6.45) is 3.74. The molecule has 1 saturated heterocycles. The predicted octanol–water partition coefficient (Wildman–Crippen LogP) is 3.34. The minimum Gasteiger partial charge on any atom is -0.358 e. The normalized spacial score (nSPS) is 37.0. The van der Waals surface area contributed by atoms with Crippen LogP contribution >= 0.6 is 0 Å². The molecule has 4 aliphatic rings. The molecule has 202 valence electrons. The topological polar surface area (TPSA) is 110 Å². The van der Waals surface area contributed by atoms with Crippen LogP contribution in [-0.4, -0.2) is 61.3 Å². The maximum atomic E-state index is 14.0. The number of rotatable bonds is 5. The van der Waals surface area contributed by atoms with E-state index in [1.54, 1.807) is 6.08 Å². The Kier molecular flexibility index (Phi) is 8.59. The highest BCUT2D eigenvalue weighted by Crippen LogP contribution is 2.39. The number of nitrogens with one attached hydrogen (secondary N) is 5. The summed E-state index contributed by atoms with van der Waals surface area (Å²) in [5.41, 5.74) is 6.62. The highest BCUT2D eigenvalue weighted by molar-refractivity contribution is 5.89. The molecule has 1 saturated carbocycles. The van der Waals surface area contributed by atoms with Crippen LogP contribution in [0.5, 0.6) is 0 Å². The fraction of sp³-hybridized carbons (Fsp3) is 0.769. The van der Waals surface area contributed by atoms with Gasteiger partial charge in [-0.05, 0) is 83.8 Å². The van der Waals surface area contributed by atoms with Crippen molar-refractivity contribution in [1.82, 2.24) is 21.3 Å². The van der Waals surface area contributed by atoms with Crippen LogP contribution in [0.1, 0.15) is 65.2 Å². The van der Waals surface area contributed by atoms with E-state index < -0.39 is 17.9 Å². The molecule has 10 heteroatoms. The quantitative estimate of drug-likeness (QED) is 0.341. The molecule has 0 amide bonds. The molecular weight excluding hydrogens is 467 g/mol. The summed E-state index contributed by atoms with van der Waals surface area (Å²) in [6, 6.07) is 0.159. The molecule has 6 atom stereocenters. The Labute approximate surface area is 212 Å². The lowest BCUT2D eigenvalue weighted by Gasteiger charge is -2.46. The summed E-state index contributed by atoms with van der Waals surface area (Å²) in [4.78, 5) is 4.94. The first kappa shape index (κ1) is 27.3. The third kappa shape index (κ3) is 6.03. The highest BCUT2D eigenvalue weighted by atomic mass is 19.4. The van der Waals surface area contributed by atoms with Gasteiger partial charge in [0.2, 0.25) is 0 Å². The molecule has 7 N–H and O–H groups in total. The number of piperidine rings is 1. The molecule has 0 bridgehead atoms. The van der Waals surface area contributed by atoms with Crippen molar-refractivity contribution in [3.8, 4) is 0 Å². The van der Waals surface area contributed by atoms with Crippen molar-refractivity contribution >= 4 is 11.5 Å². The largest absolute Gasteiger partial charge is 0.413 e. The number of nitrogens with zero attached hydrogens (tertiary/aromatic N) is 1. The molecular formula is C26H42F3N7. The van der Waals surface area contributed by atoms with Gasteiger partial charge in [0.1, 0.15) is 12.0 Å². The standard InChI is InChI=1S/C26H42F3N7/c1-14-20(31)12-13-21(33-14)34-25-22(15(2)32-3)23(16-8-10-17(30)11-9-16)35-24(36-25)18-6-4-5-7-19(18)26(27,28)29/h4,6,14-17,21-24,31-33,35H,5,7-13,30H2,1-3H3,(H,34,36). The molecule has 0 aromatic rings. The van der Waals surface area contributed by atoms with Gasteiger partial charge in [-0.15, -0.1) is 0 Å². The molecule has 4 rings (SSSR count). The average Bonchev–Trinajstić information content (AvgIpc) is 2.85. The Morgan fingerprint density at radius 2 is 1.86 bits per heavy atom. The van der Waals surface area contributed by atoms with Crippen LogP contribution in [0.3, 0.4) is 0 Å². The van der Waals surface area contributed by atoms with Crippen LogP contribution < -0.4 is 27.0 Å². The molecule has 2 aliphatic heterocycles. The van der Waals surface area contributed by atoms with Crippen molar-refractivity contribution in [2.24, 2.45) is 22.6 Å². The second kappa shape index (κ2) is 11.3. The SMILES string of the molecule is CNC(C)C1C(NC2CCC(=N)C(C)N2)=NC(C2=C(C(F)(F)F)CCC=C2)NC1C1CCC(N)CC1. The number of nitrogens with two attached hydrogens (primary N) is 1. The zero-order valence-corrected chi connectivity index (χ0v) is 21.6. The molecule has 0 radical (unpaired) electrons. The summed E-state index contributed by atoms with van der Waals surface area (Å²) in [6.45, 7) is 4.08. The molecule has 0 aromatic carbocycles. The second-order valence-corrected chi connectivity index (χ2v) is 10.9. The van der Waals surface area contributed by atoms with Gasteiger partial charge in [-0.2, -0.15) is 13.2 Å². The van der Waals surface area contributed by atoms with Crippen molar-refractivity contribution in [2.45, 2.75) is 108 Å². The number of allylic oxidation sites excluding steroid dienone is 2. The predicted molar refractivity (Wildman–Crippen MR) is 138 cm³/mol. The first-order chi connectivity index (χ1) is 17.1. The number of hydrogen-bond acceptors (Lipinski definition) is 7. The zero-order valence-electron chi connectivity index (χ0n) is 21.6. The van der Waals surface area contributed by atoms with Crippen molar-refractivity contribution in [3.63, 3.8) is 0 Å². The third-order valence-electron chi connectivity index (χ3n) is 8.48. The van der Waals surface area contributed by atoms with Gasteiger partial charge in [-0.3, -0.25) is 10.6 Å². The van der Waals surface area contributed by atoms with Crippen LogP contribution in [0.25, 0.3) is 0 Å². The Morgan fingerprint density at radius 1 is 1.14 bits per heavy atom. The fourth-order valence-electron chi connectivity index (χ4n) is 6.21. The van der Waals surface area contributed by atoms with Crippen LogP contribution in [0.4, 0.5) is 13.2 Å². The number of aliphatic imine (C=N–C) groups is 1. The fourth-order valence-corrected chi connectivity index (χ4v) is 6.21. The molecule has 0 spiro atoms. The lowest BCUT2D eigenvalue weighted by molar-refractivity contribution is -0.0951. The van der Waals surface area contributed by atoms with E-state index in [2.05, 4.69) is 28.2 Å². The van der Waals surface area contributed by atoms with E-state index in [-0.39, 0.29) is 48.2 Å². The molecule has 0 aromatic heterocycles. The summed E-state index contributed by atoms with van der Waals surface area (Å²) < 4.78 is 42.0. The van der Waals surface area contributed by atoms with Gasteiger partial charge in [0.15, 0.2) is 0 Å². The lowest BCUT2D eigenvalue weighted by atomic mass is 9.73. The molecule has 7 nitrogen and oxygen atoms in total. The van der Waals surface area contributed by atoms with Crippen molar-refractivity contribution < 1.29 is 13.2 Å².